The standard InChI is InChI=1S/C13H14N2O2S/c14-12-8-6-11(7-9-12)10-15-18(16,17)13-4-2-1-3-5-13/h1-9,15H,10,14H2. The summed E-state index contributed by atoms with van der Waals surface area (Å²) in [6.45, 7) is 0.248. The van der Waals surface area contributed by atoms with Gasteiger partial charge < -0.3 is 5.73 Å². The van der Waals surface area contributed by atoms with Gasteiger partial charge in [-0.3, -0.25) is 0 Å². The lowest BCUT2D eigenvalue weighted by Crippen LogP contribution is -2.23. The number of nitrogens with one attached hydrogen (secondary N) is 1. The molecule has 0 fully saturated rings. The molecule has 0 atom stereocenters. The highest BCUT2D eigenvalue weighted by Crippen LogP contribution is 2.09. The van der Waals surface area contributed by atoms with Gasteiger partial charge in [0.25, 0.3) is 0 Å². The van der Waals surface area contributed by atoms with Crippen molar-refractivity contribution in [3.8, 4) is 0 Å². The topological polar surface area (TPSA) is 72.2 Å². The molecule has 94 valence electrons. The molecule has 0 saturated carbocycles. The number of anilines is 1. The highest BCUT2D eigenvalue weighted by atomic mass is 32.2. The number of nitrogens with two attached hydrogens (primary N) is 1. The van der Waals surface area contributed by atoms with Gasteiger partial charge in [0.2, 0.25) is 10.0 Å². The van der Waals surface area contributed by atoms with E-state index in [2.05, 4.69) is 4.72 Å². The maximum absolute atomic E-state index is 11.9. The zero-order chi connectivity index (χ0) is 13.0. The molecule has 0 bridgehead atoms. The molecule has 0 aromatic heterocycles. The summed E-state index contributed by atoms with van der Waals surface area (Å²) >= 11 is 0. The van der Waals surface area contributed by atoms with E-state index in [9.17, 15) is 8.42 Å². The molecule has 0 aliphatic rings. The van der Waals surface area contributed by atoms with Crippen molar-refractivity contribution in [2.45, 2.75) is 11.4 Å². The fourth-order valence-corrected chi connectivity index (χ4v) is 2.54. The summed E-state index contributed by atoms with van der Waals surface area (Å²) in [5.41, 5.74) is 7.08. The van der Waals surface area contributed by atoms with Crippen LogP contribution in [-0.2, 0) is 16.6 Å². The van der Waals surface area contributed by atoms with Crippen molar-refractivity contribution in [2.75, 3.05) is 5.73 Å². The maximum Gasteiger partial charge on any atom is 0.240 e. The minimum atomic E-state index is -3.45. The van der Waals surface area contributed by atoms with Crippen LogP contribution in [0.1, 0.15) is 5.56 Å². The van der Waals surface area contributed by atoms with Gasteiger partial charge in [0.1, 0.15) is 0 Å². The molecule has 0 aliphatic heterocycles. The molecule has 0 saturated heterocycles. The molecule has 0 heterocycles. The van der Waals surface area contributed by atoms with Crippen molar-refractivity contribution in [3.05, 3.63) is 60.2 Å². The Kier molecular flexibility index (Phi) is 3.64. The Morgan fingerprint density at radius 1 is 0.944 bits per heavy atom. The van der Waals surface area contributed by atoms with Crippen molar-refractivity contribution in [2.24, 2.45) is 0 Å². The SMILES string of the molecule is Nc1ccc(CNS(=O)(=O)c2ccccc2)cc1. The number of hydrogen-bond donors (Lipinski definition) is 2. The van der Waals surface area contributed by atoms with Crippen molar-refractivity contribution in [3.63, 3.8) is 0 Å². The molecule has 0 radical (unpaired) electrons. The summed E-state index contributed by atoms with van der Waals surface area (Å²) in [6.07, 6.45) is 0. The number of rotatable bonds is 4. The average Bonchev–Trinajstić information content (AvgIpc) is 2.39. The molecule has 0 spiro atoms. The van der Waals surface area contributed by atoms with Crippen LogP contribution in [0.2, 0.25) is 0 Å². The van der Waals surface area contributed by atoms with Crippen LogP contribution < -0.4 is 10.5 Å². The molecule has 4 nitrogen and oxygen atoms in total. The van der Waals surface area contributed by atoms with Crippen molar-refractivity contribution in [1.29, 1.82) is 0 Å². The van der Waals surface area contributed by atoms with Gasteiger partial charge in [-0.15, -0.1) is 0 Å². The first-order valence-electron chi connectivity index (χ1n) is 5.47. The normalized spacial score (nSPS) is 11.3. The fourth-order valence-electron chi connectivity index (χ4n) is 1.50. The average molecular weight is 262 g/mol. The highest BCUT2D eigenvalue weighted by Gasteiger charge is 2.12. The zero-order valence-electron chi connectivity index (χ0n) is 9.71. The Labute approximate surface area is 107 Å². The largest absolute Gasteiger partial charge is 0.399 e. The van der Waals surface area contributed by atoms with Gasteiger partial charge in [0, 0.05) is 12.2 Å². The molecule has 0 unspecified atom stereocenters. The van der Waals surface area contributed by atoms with Crippen molar-refractivity contribution >= 4 is 15.7 Å². The molecule has 0 amide bonds. The van der Waals surface area contributed by atoms with Crippen molar-refractivity contribution < 1.29 is 8.42 Å². The van der Waals surface area contributed by atoms with E-state index >= 15 is 0 Å². The third-order valence-electron chi connectivity index (χ3n) is 2.50. The number of sulfonamides is 1. The lowest BCUT2D eigenvalue weighted by molar-refractivity contribution is 0.581. The molecule has 2 aromatic rings. The Balaban J connectivity index is 2.08. The molecule has 5 heteroatoms. The van der Waals surface area contributed by atoms with Crippen molar-refractivity contribution in [1.82, 2.24) is 4.72 Å². The fraction of sp³-hybridized carbons (Fsp3) is 0.0769. The predicted octanol–water partition coefficient (Wildman–Crippen LogP) is 1.75. The Bertz CT molecular complexity index is 607. The Hall–Kier alpha value is -1.85. The van der Waals surface area contributed by atoms with Crippen LogP contribution in [0, 0.1) is 0 Å². The van der Waals surface area contributed by atoms with E-state index in [1.54, 1.807) is 54.6 Å². The summed E-state index contributed by atoms with van der Waals surface area (Å²) in [7, 11) is -3.45. The number of hydrogen-bond acceptors (Lipinski definition) is 3. The molecule has 2 rings (SSSR count). The van der Waals surface area contributed by atoms with Gasteiger partial charge in [-0.2, -0.15) is 0 Å². The molecule has 2 aromatic carbocycles. The van der Waals surface area contributed by atoms with Crippen LogP contribution in [0.5, 0.6) is 0 Å². The van der Waals surface area contributed by atoms with E-state index in [-0.39, 0.29) is 11.4 Å². The van der Waals surface area contributed by atoms with Crippen LogP contribution in [0.3, 0.4) is 0 Å². The van der Waals surface area contributed by atoms with Crippen LogP contribution >= 0.6 is 0 Å². The van der Waals surface area contributed by atoms with Gasteiger partial charge in [0.15, 0.2) is 0 Å². The van der Waals surface area contributed by atoms with E-state index in [0.717, 1.165) is 5.56 Å². The first kappa shape index (κ1) is 12.6. The first-order valence-corrected chi connectivity index (χ1v) is 6.95. The smallest absolute Gasteiger partial charge is 0.240 e. The van der Waals surface area contributed by atoms with Gasteiger partial charge in [-0.25, -0.2) is 13.1 Å². The van der Waals surface area contributed by atoms with E-state index in [1.165, 1.54) is 0 Å². The number of nitrogen functional groups attached to an aromatic ring is 1. The maximum atomic E-state index is 11.9. The molecule has 3 N–H and O–H groups in total. The van der Waals surface area contributed by atoms with Gasteiger partial charge in [-0.1, -0.05) is 30.3 Å². The molecule has 18 heavy (non-hydrogen) atoms. The zero-order valence-corrected chi connectivity index (χ0v) is 10.5. The van der Waals surface area contributed by atoms with Gasteiger partial charge in [0.05, 0.1) is 4.90 Å². The summed E-state index contributed by atoms with van der Waals surface area (Å²) in [5, 5.41) is 0. The predicted molar refractivity (Wildman–Crippen MR) is 71.3 cm³/mol. The van der Waals surface area contributed by atoms with Gasteiger partial charge in [-0.05, 0) is 29.8 Å². The number of benzene rings is 2. The summed E-state index contributed by atoms with van der Waals surface area (Å²) in [4.78, 5) is 0.264. The van der Waals surface area contributed by atoms with E-state index in [1.807, 2.05) is 0 Å². The molecular formula is C13H14N2O2S. The van der Waals surface area contributed by atoms with Gasteiger partial charge >= 0.3 is 0 Å². The third kappa shape index (κ3) is 3.09. The summed E-state index contributed by atoms with van der Waals surface area (Å²) < 4.78 is 26.4. The van der Waals surface area contributed by atoms with Crippen LogP contribution in [0.15, 0.2) is 59.5 Å². The minimum Gasteiger partial charge on any atom is -0.399 e. The summed E-state index contributed by atoms with van der Waals surface area (Å²) in [6, 6.07) is 15.4. The van der Waals surface area contributed by atoms with Crippen LogP contribution in [-0.4, -0.2) is 8.42 Å². The van der Waals surface area contributed by atoms with Crippen LogP contribution in [0.25, 0.3) is 0 Å². The molecular weight excluding hydrogens is 248 g/mol. The summed E-state index contributed by atoms with van der Waals surface area (Å²) in [5.74, 6) is 0. The van der Waals surface area contributed by atoms with E-state index in [4.69, 9.17) is 5.73 Å². The monoisotopic (exact) mass is 262 g/mol. The molecule has 0 aliphatic carbocycles. The van der Waals surface area contributed by atoms with E-state index in [0.29, 0.717) is 5.69 Å². The van der Waals surface area contributed by atoms with E-state index < -0.39 is 10.0 Å². The lowest BCUT2D eigenvalue weighted by atomic mass is 10.2. The second-order valence-corrected chi connectivity index (χ2v) is 5.65. The second kappa shape index (κ2) is 5.20. The minimum absolute atomic E-state index is 0.248. The second-order valence-electron chi connectivity index (χ2n) is 3.88. The highest BCUT2D eigenvalue weighted by molar-refractivity contribution is 7.89. The lowest BCUT2D eigenvalue weighted by Gasteiger charge is -2.06. The Morgan fingerprint density at radius 3 is 2.17 bits per heavy atom. The van der Waals surface area contributed by atoms with Crippen LogP contribution in [0.4, 0.5) is 5.69 Å². The first-order chi connectivity index (χ1) is 8.58. The Morgan fingerprint density at radius 2 is 1.56 bits per heavy atom. The quantitative estimate of drug-likeness (QED) is 0.824. The third-order valence-corrected chi connectivity index (χ3v) is 3.92.